The molecule has 2 N–H and O–H groups in total. The van der Waals surface area contributed by atoms with Gasteiger partial charge in [-0.25, -0.2) is 0 Å². The number of thioether (sulfide) groups is 1. The highest BCUT2D eigenvalue weighted by atomic mass is 32.2. The molecule has 0 radical (unpaired) electrons. The quantitative estimate of drug-likeness (QED) is 0.906. The van der Waals surface area contributed by atoms with Gasteiger partial charge in [-0.05, 0) is 31.4 Å². The van der Waals surface area contributed by atoms with Crippen molar-refractivity contribution in [3.05, 3.63) is 29.8 Å². The van der Waals surface area contributed by atoms with E-state index < -0.39 is 0 Å². The zero-order chi connectivity index (χ0) is 13.0. The molecule has 1 fully saturated rings. The lowest BCUT2D eigenvalue weighted by molar-refractivity contribution is 0.707. The Labute approximate surface area is 115 Å². The van der Waals surface area contributed by atoms with Gasteiger partial charge in [0.2, 0.25) is 0 Å². The number of hydrogen-bond donors (Lipinski definition) is 1. The van der Waals surface area contributed by atoms with Crippen LogP contribution in [0.15, 0.2) is 24.3 Å². The van der Waals surface area contributed by atoms with Crippen molar-refractivity contribution in [3.8, 4) is 0 Å². The molecule has 3 heteroatoms. The van der Waals surface area contributed by atoms with Crippen molar-refractivity contribution < 1.29 is 0 Å². The van der Waals surface area contributed by atoms with Gasteiger partial charge in [-0.3, -0.25) is 0 Å². The van der Waals surface area contributed by atoms with Gasteiger partial charge >= 0.3 is 0 Å². The summed E-state index contributed by atoms with van der Waals surface area (Å²) >= 11 is 2.12. The Morgan fingerprint density at radius 3 is 2.94 bits per heavy atom. The molecule has 2 rings (SSSR count). The molecule has 0 spiro atoms. The molecule has 0 amide bonds. The molecule has 1 aliphatic heterocycles. The topological polar surface area (TPSA) is 29.3 Å². The molecular weight excluding hydrogens is 240 g/mol. The minimum absolute atomic E-state index is 0.229. The SMILES string of the molecule is CCC1CN(c2ccccc2CC(C)N)CCS1. The van der Waals surface area contributed by atoms with Gasteiger partial charge in [0.05, 0.1) is 0 Å². The first-order valence-electron chi connectivity index (χ1n) is 6.90. The second-order valence-corrected chi connectivity index (χ2v) is 6.57. The van der Waals surface area contributed by atoms with Crippen molar-refractivity contribution in [2.75, 3.05) is 23.7 Å². The van der Waals surface area contributed by atoms with Gasteiger partial charge in [-0.2, -0.15) is 11.8 Å². The van der Waals surface area contributed by atoms with Crippen LogP contribution in [0.3, 0.4) is 0 Å². The van der Waals surface area contributed by atoms with Crippen molar-refractivity contribution in [1.82, 2.24) is 0 Å². The van der Waals surface area contributed by atoms with E-state index >= 15 is 0 Å². The highest BCUT2D eigenvalue weighted by Gasteiger charge is 2.20. The maximum Gasteiger partial charge on any atom is 0.0399 e. The molecule has 1 heterocycles. The lowest BCUT2D eigenvalue weighted by Gasteiger charge is -2.35. The highest BCUT2D eigenvalue weighted by molar-refractivity contribution is 8.00. The summed E-state index contributed by atoms with van der Waals surface area (Å²) in [5, 5.41) is 0.780. The molecule has 18 heavy (non-hydrogen) atoms. The molecule has 2 unspecified atom stereocenters. The van der Waals surface area contributed by atoms with E-state index in [2.05, 4.69) is 54.8 Å². The van der Waals surface area contributed by atoms with Crippen molar-refractivity contribution in [3.63, 3.8) is 0 Å². The van der Waals surface area contributed by atoms with E-state index in [9.17, 15) is 0 Å². The van der Waals surface area contributed by atoms with E-state index in [0.717, 1.165) is 18.2 Å². The normalized spacial score (nSPS) is 21.9. The summed E-state index contributed by atoms with van der Waals surface area (Å²) in [6, 6.07) is 8.97. The number of rotatable bonds is 4. The zero-order valence-electron chi connectivity index (χ0n) is 11.4. The molecule has 1 aromatic carbocycles. The predicted molar refractivity (Wildman–Crippen MR) is 82.5 cm³/mol. The Hall–Kier alpha value is -0.670. The lowest BCUT2D eigenvalue weighted by atomic mass is 10.0. The van der Waals surface area contributed by atoms with Gasteiger partial charge in [-0.15, -0.1) is 0 Å². The van der Waals surface area contributed by atoms with Crippen molar-refractivity contribution >= 4 is 17.4 Å². The molecule has 1 aromatic rings. The number of hydrogen-bond acceptors (Lipinski definition) is 3. The third kappa shape index (κ3) is 3.42. The van der Waals surface area contributed by atoms with Crippen LogP contribution in [0.5, 0.6) is 0 Å². The third-order valence-electron chi connectivity index (χ3n) is 3.47. The Kier molecular flexibility index (Phi) is 4.95. The maximum absolute atomic E-state index is 5.95. The largest absolute Gasteiger partial charge is 0.369 e. The van der Waals surface area contributed by atoms with Crippen LogP contribution in [-0.4, -0.2) is 30.1 Å². The lowest BCUT2D eigenvalue weighted by Crippen LogP contribution is -2.38. The average Bonchev–Trinajstić information content (AvgIpc) is 2.39. The van der Waals surface area contributed by atoms with Crippen molar-refractivity contribution in [2.45, 2.75) is 38.0 Å². The standard InChI is InChI=1S/C15H24N2S/c1-3-14-11-17(8-9-18-14)15-7-5-4-6-13(15)10-12(2)16/h4-7,12,14H,3,8-11,16H2,1-2H3. The van der Waals surface area contributed by atoms with Gasteiger partial charge in [0.15, 0.2) is 0 Å². The van der Waals surface area contributed by atoms with Crippen LogP contribution in [0.2, 0.25) is 0 Å². The summed E-state index contributed by atoms with van der Waals surface area (Å²) in [7, 11) is 0. The maximum atomic E-state index is 5.95. The Morgan fingerprint density at radius 2 is 2.22 bits per heavy atom. The molecule has 2 atom stereocenters. The fourth-order valence-corrected chi connectivity index (χ4v) is 3.70. The zero-order valence-corrected chi connectivity index (χ0v) is 12.2. The first-order valence-corrected chi connectivity index (χ1v) is 7.95. The number of nitrogens with zero attached hydrogens (tertiary/aromatic N) is 1. The van der Waals surface area contributed by atoms with Gasteiger partial charge in [0, 0.05) is 35.8 Å². The molecule has 0 aliphatic carbocycles. The van der Waals surface area contributed by atoms with E-state index in [4.69, 9.17) is 5.73 Å². The highest BCUT2D eigenvalue weighted by Crippen LogP contribution is 2.28. The fourth-order valence-electron chi connectivity index (χ4n) is 2.52. The fraction of sp³-hybridized carbons (Fsp3) is 0.600. The van der Waals surface area contributed by atoms with Crippen LogP contribution < -0.4 is 10.6 Å². The van der Waals surface area contributed by atoms with Crippen LogP contribution in [0.25, 0.3) is 0 Å². The molecule has 0 saturated carbocycles. The first kappa shape index (κ1) is 13.8. The van der Waals surface area contributed by atoms with Crippen molar-refractivity contribution in [1.29, 1.82) is 0 Å². The van der Waals surface area contributed by atoms with E-state index in [-0.39, 0.29) is 6.04 Å². The second-order valence-electron chi connectivity index (χ2n) is 5.16. The monoisotopic (exact) mass is 264 g/mol. The van der Waals surface area contributed by atoms with E-state index in [0.29, 0.717) is 0 Å². The van der Waals surface area contributed by atoms with Crippen LogP contribution in [-0.2, 0) is 6.42 Å². The first-order chi connectivity index (χ1) is 8.70. The third-order valence-corrected chi connectivity index (χ3v) is 4.84. The number of para-hydroxylation sites is 1. The molecule has 100 valence electrons. The minimum Gasteiger partial charge on any atom is -0.369 e. The van der Waals surface area contributed by atoms with Crippen molar-refractivity contribution in [2.24, 2.45) is 5.73 Å². The van der Waals surface area contributed by atoms with Crippen LogP contribution in [0, 0.1) is 0 Å². The summed E-state index contributed by atoms with van der Waals surface area (Å²) in [6.45, 7) is 6.71. The molecule has 0 aromatic heterocycles. The Balaban J connectivity index is 2.16. The van der Waals surface area contributed by atoms with Gasteiger partial charge in [-0.1, -0.05) is 25.1 Å². The van der Waals surface area contributed by atoms with Gasteiger partial charge in [0.1, 0.15) is 0 Å². The molecule has 1 saturated heterocycles. The Morgan fingerprint density at radius 1 is 1.44 bits per heavy atom. The number of nitrogens with two attached hydrogens (primary N) is 1. The average molecular weight is 264 g/mol. The van der Waals surface area contributed by atoms with E-state index in [1.165, 1.54) is 30.0 Å². The summed E-state index contributed by atoms with van der Waals surface area (Å²) in [5.41, 5.74) is 8.75. The summed E-state index contributed by atoms with van der Waals surface area (Å²) < 4.78 is 0. The number of benzene rings is 1. The summed E-state index contributed by atoms with van der Waals surface area (Å²) in [4.78, 5) is 2.54. The number of anilines is 1. The smallest absolute Gasteiger partial charge is 0.0399 e. The predicted octanol–water partition coefficient (Wildman–Crippen LogP) is 2.91. The molecular formula is C15H24N2S. The van der Waals surface area contributed by atoms with E-state index in [1.807, 2.05) is 0 Å². The second kappa shape index (κ2) is 6.48. The van der Waals surface area contributed by atoms with Crippen LogP contribution in [0.4, 0.5) is 5.69 Å². The molecule has 2 nitrogen and oxygen atoms in total. The van der Waals surface area contributed by atoms with Gasteiger partial charge < -0.3 is 10.6 Å². The summed E-state index contributed by atoms with van der Waals surface area (Å²) in [5.74, 6) is 1.24. The molecule has 1 aliphatic rings. The van der Waals surface area contributed by atoms with Crippen LogP contribution in [0.1, 0.15) is 25.8 Å². The molecule has 0 bridgehead atoms. The van der Waals surface area contributed by atoms with Gasteiger partial charge in [0.25, 0.3) is 0 Å². The van der Waals surface area contributed by atoms with E-state index in [1.54, 1.807) is 0 Å². The minimum atomic E-state index is 0.229. The summed E-state index contributed by atoms with van der Waals surface area (Å²) in [6.07, 6.45) is 2.23. The Bertz CT molecular complexity index is 379. The van der Waals surface area contributed by atoms with Crippen LogP contribution >= 0.6 is 11.8 Å².